The van der Waals surface area contributed by atoms with Gasteiger partial charge in [-0.2, -0.15) is 15.0 Å². The van der Waals surface area contributed by atoms with Gasteiger partial charge in [0.25, 0.3) is 0 Å². The van der Waals surface area contributed by atoms with Crippen LogP contribution < -0.4 is 16.6 Å². The topological polar surface area (TPSA) is 107 Å². The summed E-state index contributed by atoms with van der Waals surface area (Å²) in [6, 6.07) is 0.465. The van der Waals surface area contributed by atoms with Crippen LogP contribution in [0.4, 0.5) is 11.9 Å². The summed E-state index contributed by atoms with van der Waals surface area (Å²) in [5.41, 5.74) is 2.49. The molecule has 0 amide bonds. The molecular weight excluding hydrogens is 268 g/mol. The van der Waals surface area contributed by atoms with Crippen LogP contribution in [0.3, 0.4) is 0 Å². The third-order valence-corrected chi connectivity index (χ3v) is 4.54. The normalized spacial score (nSPS) is 27.0. The van der Waals surface area contributed by atoms with Gasteiger partial charge >= 0.3 is 0 Å². The molecule has 2 aromatic rings. The third kappa shape index (κ3) is 2.31. The fourth-order valence-electron chi connectivity index (χ4n) is 3.57. The van der Waals surface area contributed by atoms with Gasteiger partial charge in [0.15, 0.2) is 0 Å². The van der Waals surface area contributed by atoms with Crippen LogP contribution in [-0.4, -0.2) is 30.5 Å². The Bertz CT molecular complexity index is 625. The average Bonchev–Trinajstić information content (AvgIpc) is 3.24. The van der Waals surface area contributed by atoms with Gasteiger partial charge in [-0.25, -0.2) is 10.8 Å². The van der Waals surface area contributed by atoms with Crippen molar-refractivity contribution in [1.82, 2.24) is 24.5 Å². The van der Waals surface area contributed by atoms with Crippen LogP contribution in [0.2, 0.25) is 0 Å². The molecule has 110 valence electrons. The number of imidazole rings is 1. The van der Waals surface area contributed by atoms with Crippen LogP contribution in [0.15, 0.2) is 18.7 Å². The van der Waals surface area contributed by atoms with Crippen molar-refractivity contribution in [3.8, 4) is 5.95 Å². The first-order valence-corrected chi connectivity index (χ1v) is 7.29. The average molecular weight is 286 g/mol. The minimum atomic E-state index is 0.347. The molecular formula is C13H18N8. The highest BCUT2D eigenvalue weighted by Gasteiger charge is 2.39. The molecule has 8 heteroatoms. The molecule has 4 N–H and O–H groups in total. The zero-order chi connectivity index (χ0) is 14.2. The highest BCUT2D eigenvalue weighted by Crippen LogP contribution is 2.45. The number of anilines is 2. The van der Waals surface area contributed by atoms with Crippen LogP contribution in [0.1, 0.15) is 25.7 Å². The quantitative estimate of drug-likeness (QED) is 0.567. The molecule has 2 aromatic heterocycles. The van der Waals surface area contributed by atoms with E-state index >= 15 is 0 Å². The molecule has 2 aliphatic rings. The summed E-state index contributed by atoms with van der Waals surface area (Å²) in [6.45, 7) is 0. The second-order valence-electron chi connectivity index (χ2n) is 5.82. The molecule has 2 bridgehead atoms. The first kappa shape index (κ1) is 12.5. The van der Waals surface area contributed by atoms with Gasteiger partial charge in [-0.05, 0) is 31.1 Å². The van der Waals surface area contributed by atoms with Gasteiger partial charge in [-0.15, -0.1) is 0 Å². The molecule has 0 radical (unpaired) electrons. The molecule has 8 nitrogen and oxygen atoms in total. The maximum absolute atomic E-state index is 5.45. The fraction of sp³-hybridized carbons (Fsp3) is 0.538. The largest absolute Gasteiger partial charge is 0.351 e. The van der Waals surface area contributed by atoms with E-state index in [0.29, 0.717) is 23.9 Å². The van der Waals surface area contributed by atoms with E-state index in [1.165, 1.54) is 25.7 Å². The van der Waals surface area contributed by atoms with Crippen molar-refractivity contribution in [1.29, 1.82) is 0 Å². The standard InChI is InChI=1S/C13H18N8/c14-20-12-17-11(16-10-6-8-1-2-9(10)5-8)18-13(19-12)21-4-3-15-7-21/h3-4,7-10H,1-2,5-6,14H2,(H2,16,17,18,19,20). The summed E-state index contributed by atoms with van der Waals surface area (Å²) >= 11 is 0. The predicted octanol–water partition coefficient (Wildman–Crippen LogP) is 0.943. The van der Waals surface area contributed by atoms with Gasteiger partial charge < -0.3 is 5.32 Å². The number of nitrogens with two attached hydrogens (primary N) is 1. The maximum atomic E-state index is 5.45. The number of fused-ring (bicyclic) bond motifs is 2. The Hall–Kier alpha value is -2.22. The Morgan fingerprint density at radius 1 is 1.14 bits per heavy atom. The maximum Gasteiger partial charge on any atom is 0.243 e. The van der Waals surface area contributed by atoms with E-state index in [1.54, 1.807) is 23.3 Å². The van der Waals surface area contributed by atoms with Crippen molar-refractivity contribution in [2.24, 2.45) is 17.7 Å². The van der Waals surface area contributed by atoms with Crippen LogP contribution in [0.25, 0.3) is 5.95 Å². The van der Waals surface area contributed by atoms with Crippen molar-refractivity contribution >= 4 is 11.9 Å². The number of hydrogen-bond donors (Lipinski definition) is 3. The molecule has 4 rings (SSSR count). The molecule has 0 aliphatic heterocycles. The lowest BCUT2D eigenvalue weighted by Gasteiger charge is -2.23. The molecule has 2 aliphatic carbocycles. The minimum Gasteiger partial charge on any atom is -0.351 e. The first-order valence-electron chi connectivity index (χ1n) is 7.29. The summed E-state index contributed by atoms with van der Waals surface area (Å²) in [7, 11) is 0. The molecule has 2 fully saturated rings. The van der Waals surface area contributed by atoms with Crippen molar-refractivity contribution in [3.05, 3.63) is 18.7 Å². The lowest BCUT2D eigenvalue weighted by atomic mass is 9.95. The fourth-order valence-corrected chi connectivity index (χ4v) is 3.57. The van der Waals surface area contributed by atoms with Gasteiger partial charge in [0, 0.05) is 18.4 Å². The van der Waals surface area contributed by atoms with Gasteiger partial charge in [0.2, 0.25) is 17.8 Å². The Balaban J connectivity index is 1.61. The highest BCUT2D eigenvalue weighted by molar-refractivity contribution is 5.38. The van der Waals surface area contributed by atoms with Gasteiger partial charge in [-0.1, -0.05) is 6.42 Å². The number of hydrogen-bond acceptors (Lipinski definition) is 7. The van der Waals surface area contributed by atoms with Crippen LogP contribution in [0.5, 0.6) is 0 Å². The summed E-state index contributed by atoms with van der Waals surface area (Å²) in [4.78, 5) is 17.0. The van der Waals surface area contributed by atoms with E-state index in [9.17, 15) is 0 Å². The van der Waals surface area contributed by atoms with Gasteiger partial charge in [-0.3, -0.25) is 9.99 Å². The molecule has 3 atom stereocenters. The molecule has 2 heterocycles. The number of nitrogen functional groups attached to an aromatic ring is 1. The third-order valence-electron chi connectivity index (χ3n) is 4.54. The summed E-state index contributed by atoms with van der Waals surface area (Å²) < 4.78 is 1.73. The lowest BCUT2D eigenvalue weighted by molar-refractivity contribution is 0.438. The van der Waals surface area contributed by atoms with Crippen molar-refractivity contribution < 1.29 is 0 Å². The number of nitrogens with one attached hydrogen (secondary N) is 2. The van der Waals surface area contributed by atoms with Gasteiger partial charge in [0.1, 0.15) is 6.33 Å². The molecule has 3 unspecified atom stereocenters. The first-order chi connectivity index (χ1) is 10.3. The SMILES string of the molecule is NNc1nc(NC2CC3CCC2C3)nc(-n2ccnc2)n1. The number of nitrogens with zero attached hydrogens (tertiary/aromatic N) is 5. The molecule has 21 heavy (non-hydrogen) atoms. The van der Waals surface area contributed by atoms with E-state index in [0.717, 1.165) is 11.8 Å². The second kappa shape index (κ2) is 4.96. The van der Waals surface area contributed by atoms with Crippen molar-refractivity contribution in [2.45, 2.75) is 31.7 Å². The lowest BCUT2D eigenvalue weighted by Crippen LogP contribution is -2.27. The highest BCUT2D eigenvalue weighted by atomic mass is 15.4. The zero-order valence-corrected chi connectivity index (χ0v) is 11.6. The van der Waals surface area contributed by atoms with Crippen LogP contribution in [-0.2, 0) is 0 Å². The monoisotopic (exact) mass is 286 g/mol. The van der Waals surface area contributed by atoms with E-state index in [2.05, 4.69) is 30.7 Å². The summed E-state index contributed by atoms with van der Waals surface area (Å²) in [5.74, 6) is 8.49. The molecule has 0 spiro atoms. The Kier molecular flexibility index (Phi) is 2.95. The van der Waals surface area contributed by atoms with E-state index in [1.807, 2.05) is 0 Å². The predicted molar refractivity (Wildman–Crippen MR) is 77.6 cm³/mol. The number of rotatable bonds is 4. The van der Waals surface area contributed by atoms with E-state index < -0.39 is 0 Å². The Morgan fingerprint density at radius 3 is 2.71 bits per heavy atom. The van der Waals surface area contributed by atoms with Crippen LogP contribution >= 0.6 is 0 Å². The minimum absolute atomic E-state index is 0.347. The van der Waals surface area contributed by atoms with Crippen molar-refractivity contribution in [2.75, 3.05) is 10.7 Å². The van der Waals surface area contributed by atoms with Crippen LogP contribution in [0, 0.1) is 11.8 Å². The zero-order valence-electron chi connectivity index (χ0n) is 11.6. The second-order valence-corrected chi connectivity index (χ2v) is 5.82. The number of hydrazine groups is 1. The van der Waals surface area contributed by atoms with E-state index in [-0.39, 0.29) is 0 Å². The van der Waals surface area contributed by atoms with Crippen molar-refractivity contribution in [3.63, 3.8) is 0 Å². The summed E-state index contributed by atoms with van der Waals surface area (Å²) in [6.07, 6.45) is 10.3. The van der Waals surface area contributed by atoms with E-state index in [4.69, 9.17) is 5.84 Å². The number of aromatic nitrogens is 5. The smallest absolute Gasteiger partial charge is 0.243 e. The molecule has 2 saturated carbocycles. The molecule has 0 aromatic carbocycles. The molecule has 0 saturated heterocycles. The van der Waals surface area contributed by atoms with Gasteiger partial charge in [0.05, 0.1) is 0 Å². The Labute approximate surface area is 122 Å². The Morgan fingerprint density at radius 2 is 2.05 bits per heavy atom. The summed E-state index contributed by atoms with van der Waals surface area (Å²) in [5, 5.41) is 3.46.